The molecular weight excluding hydrogens is 414 g/mol. The molecule has 0 unspecified atom stereocenters. The normalized spacial score (nSPS) is 11.2. The van der Waals surface area contributed by atoms with Crippen molar-refractivity contribution >= 4 is 40.8 Å². The summed E-state index contributed by atoms with van der Waals surface area (Å²) >= 11 is 6.04. The number of halogens is 1. The van der Waals surface area contributed by atoms with E-state index < -0.39 is 6.03 Å². The Morgan fingerprint density at radius 2 is 1.87 bits per heavy atom. The first-order chi connectivity index (χ1) is 15.0. The van der Waals surface area contributed by atoms with Crippen LogP contribution in [0.2, 0.25) is 5.02 Å². The molecule has 0 radical (unpaired) electrons. The first kappa shape index (κ1) is 20.5. The van der Waals surface area contributed by atoms with E-state index >= 15 is 0 Å². The standard InChI is InChI=1S/C22H20ClN7O/c1-29(2)14-27-20-18-19(16-8-10-17(23)11-9-16)28-30(21(18)26-13-25-20)22(31)24-12-15-6-4-3-5-7-15/h3-11,13-14H,12H2,1-2H3,(H,24,31). The van der Waals surface area contributed by atoms with Gasteiger partial charge in [-0.1, -0.05) is 54.1 Å². The van der Waals surface area contributed by atoms with E-state index in [-0.39, 0.29) is 0 Å². The largest absolute Gasteiger partial charge is 0.369 e. The van der Waals surface area contributed by atoms with E-state index in [9.17, 15) is 4.79 Å². The van der Waals surface area contributed by atoms with Crippen LogP contribution in [0.15, 0.2) is 65.9 Å². The van der Waals surface area contributed by atoms with Gasteiger partial charge in [0.2, 0.25) is 0 Å². The summed E-state index contributed by atoms with van der Waals surface area (Å²) in [5, 5.41) is 8.63. The van der Waals surface area contributed by atoms with Crippen molar-refractivity contribution in [1.29, 1.82) is 0 Å². The molecule has 0 aliphatic carbocycles. The molecule has 8 nitrogen and oxygen atoms in total. The molecule has 1 N–H and O–H groups in total. The molecule has 0 spiro atoms. The topological polar surface area (TPSA) is 88.3 Å². The quantitative estimate of drug-likeness (QED) is 0.377. The maximum Gasteiger partial charge on any atom is 0.344 e. The van der Waals surface area contributed by atoms with Gasteiger partial charge in [-0.05, 0) is 17.7 Å². The van der Waals surface area contributed by atoms with Crippen molar-refractivity contribution in [2.24, 2.45) is 4.99 Å². The molecule has 0 saturated carbocycles. The molecule has 2 aromatic carbocycles. The van der Waals surface area contributed by atoms with E-state index in [1.807, 2.05) is 56.6 Å². The number of rotatable bonds is 5. The molecule has 4 rings (SSSR count). The van der Waals surface area contributed by atoms with Gasteiger partial charge < -0.3 is 10.2 Å². The van der Waals surface area contributed by atoms with Gasteiger partial charge in [0.15, 0.2) is 11.5 Å². The highest BCUT2D eigenvalue weighted by molar-refractivity contribution is 6.30. The molecule has 156 valence electrons. The minimum absolute atomic E-state index is 0.369. The maximum atomic E-state index is 13.0. The van der Waals surface area contributed by atoms with Crippen molar-refractivity contribution in [3.8, 4) is 11.3 Å². The number of hydrogen-bond donors (Lipinski definition) is 1. The molecule has 0 bridgehead atoms. The van der Waals surface area contributed by atoms with Gasteiger partial charge in [0.1, 0.15) is 12.0 Å². The first-order valence-electron chi connectivity index (χ1n) is 9.55. The lowest BCUT2D eigenvalue weighted by Gasteiger charge is -2.05. The van der Waals surface area contributed by atoms with Crippen LogP contribution in [0.25, 0.3) is 22.3 Å². The number of fused-ring (bicyclic) bond motifs is 1. The minimum atomic E-state index is -0.393. The fourth-order valence-electron chi connectivity index (χ4n) is 3.00. The van der Waals surface area contributed by atoms with Crippen LogP contribution in [0.3, 0.4) is 0 Å². The maximum absolute atomic E-state index is 13.0. The summed E-state index contributed by atoms with van der Waals surface area (Å²) < 4.78 is 1.25. The molecular formula is C22H20ClN7O. The van der Waals surface area contributed by atoms with Crippen molar-refractivity contribution in [1.82, 2.24) is 30.0 Å². The van der Waals surface area contributed by atoms with E-state index in [1.165, 1.54) is 11.0 Å². The molecule has 0 fully saturated rings. The third-order valence-electron chi connectivity index (χ3n) is 4.45. The van der Waals surface area contributed by atoms with Crippen molar-refractivity contribution in [2.45, 2.75) is 6.54 Å². The Balaban J connectivity index is 1.79. The van der Waals surface area contributed by atoms with Gasteiger partial charge >= 0.3 is 6.03 Å². The highest BCUT2D eigenvalue weighted by atomic mass is 35.5. The molecule has 9 heteroatoms. The third-order valence-corrected chi connectivity index (χ3v) is 4.70. The Kier molecular flexibility index (Phi) is 5.90. The van der Waals surface area contributed by atoms with Crippen LogP contribution in [-0.4, -0.2) is 51.1 Å². The minimum Gasteiger partial charge on any atom is -0.369 e. The average molecular weight is 434 g/mol. The molecule has 2 aromatic heterocycles. The van der Waals surface area contributed by atoms with Gasteiger partial charge in [-0.3, -0.25) is 0 Å². The fraction of sp³-hybridized carbons (Fsp3) is 0.136. The summed E-state index contributed by atoms with van der Waals surface area (Å²) in [5.74, 6) is 0.422. The third kappa shape index (κ3) is 4.54. The summed E-state index contributed by atoms with van der Waals surface area (Å²) in [7, 11) is 3.73. The zero-order valence-corrected chi connectivity index (χ0v) is 17.8. The lowest BCUT2D eigenvalue weighted by Crippen LogP contribution is -2.29. The van der Waals surface area contributed by atoms with Gasteiger partial charge in [0.25, 0.3) is 0 Å². The van der Waals surface area contributed by atoms with Gasteiger partial charge in [0, 0.05) is 31.2 Å². The van der Waals surface area contributed by atoms with Crippen molar-refractivity contribution in [2.75, 3.05) is 14.1 Å². The van der Waals surface area contributed by atoms with Crippen LogP contribution in [-0.2, 0) is 6.54 Å². The number of carbonyl (C=O) groups excluding carboxylic acids is 1. The highest BCUT2D eigenvalue weighted by Gasteiger charge is 2.21. The van der Waals surface area contributed by atoms with Gasteiger partial charge in [-0.25, -0.2) is 19.8 Å². The number of aliphatic imine (C=N–C) groups is 1. The predicted octanol–water partition coefficient (Wildman–Crippen LogP) is 4.13. The zero-order valence-electron chi connectivity index (χ0n) is 17.0. The lowest BCUT2D eigenvalue weighted by atomic mass is 10.1. The van der Waals surface area contributed by atoms with Crippen LogP contribution < -0.4 is 5.32 Å². The number of nitrogens with zero attached hydrogens (tertiary/aromatic N) is 6. The van der Waals surface area contributed by atoms with E-state index in [1.54, 1.807) is 23.4 Å². The summed E-state index contributed by atoms with van der Waals surface area (Å²) in [4.78, 5) is 27.8. The van der Waals surface area contributed by atoms with Crippen LogP contribution in [0.4, 0.5) is 10.6 Å². The van der Waals surface area contributed by atoms with E-state index in [4.69, 9.17) is 11.6 Å². The monoisotopic (exact) mass is 433 g/mol. The Bertz CT molecular complexity index is 1230. The molecule has 2 heterocycles. The smallest absolute Gasteiger partial charge is 0.344 e. The summed E-state index contributed by atoms with van der Waals surface area (Å²) in [6, 6.07) is 16.5. The molecule has 0 atom stereocenters. The molecule has 0 aliphatic heterocycles. The average Bonchev–Trinajstić information content (AvgIpc) is 3.18. The van der Waals surface area contributed by atoms with Crippen molar-refractivity contribution < 1.29 is 4.79 Å². The highest BCUT2D eigenvalue weighted by Crippen LogP contribution is 2.33. The van der Waals surface area contributed by atoms with Crippen molar-refractivity contribution in [3.63, 3.8) is 0 Å². The lowest BCUT2D eigenvalue weighted by molar-refractivity contribution is 0.240. The number of amides is 1. The Labute approximate surface area is 184 Å². The van der Waals surface area contributed by atoms with Crippen molar-refractivity contribution in [3.05, 3.63) is 71.5 Å². The summed E-state index contributed by atoms with van der Waals surface area (Å²) in [6.07, 6.45) is 3.01. The van der Waals surface area contributed by atoms with Gasteiger partial charge in [-0.2, -0.15) is 9.78 Å². The summed E-state index contributed by atoms with van der Waals surface area (Å²) in [5.41, 5.74) is 2.68. The fourth-order valence-corrected chi connectivity index (χ4v) is 3.13. The molecule has 0 saturated heterocycles. The van der Waals surface area contributed by atoms with Crippen LogP contribution in [0, 0.1) is 0 Å². The number of benzene rings is 2. The number of aromatic nitrogens is 4. The van der Waals surface area contributed by atoms with E-state index in [2.05, 4.69) is 25.4 Å². The predicted molar refractivity (Wildman–Crippen MR) is 122 cm³/mol. The Hall–Kier alpha value is -3.78. The summed E-state index contributed by atoms with van der Waals surface area (Å²) in [6.45, 7) is 0.369. The number of hydrogen-bond acceptors (Lipinski definition) is 5. The number of carbonyl (C=O) groups is 1. The number of nitrogens with one attached hydrogen (secondary N) is 1. The molecule has 4 aromatic rings. The van der Waals surface area contributed by atoms with E-state index in [0.29, 0.717) is 34.1 Å². The Morgan fingerprint density at radius 3 is 2.58 bits per heavy atom. The Morgan fingerprint density at radius 1 is 1.13 bits per heavy atom. The van der Waals surface area contributed by atoms with Gasteiger partial charge in [0.05, 0.1) is 11.7 Å². The van der Waals surface area contributed by atoms with Gasteiger partial charge in [-0.15, -0.1) is 0 Å². The second kappa shape index (κ2) is 8.93. The SMILES string of the molecule is CN(C)C=Nc1ncnc2c1c(-c1ccc(Cl)cc1)nn2C(=O)NCc1ccccc1. The molecule has 31 heavy (non-hydrogen) atoms. The second-order valence-corrected chi connectivity index (χ2v) is 7.45. The van der Waals surface area contributed by atoms with Crippen LogP contribution in [0.5, 0.6) is 0 Å². The van der Waals surface area contributed by atoms with Crippen LogP contribution in [0.1, 0.15) is 5.56 Å². The molecule has 0 aliphatic rings. The van der Waals surface area contributed by atoms with Crippen LogP contribution >= 0.6 is 11.6 Å². The first-order valence-corrected chi connectivity index (χ1v) is 9.93. The molecule has 1 amide bonds. The van der Waals surface area contributed by atoms with E-state index in [0.717, 1.165) is 11.1 Å². The second-order valence-electron chi connectivity index (χ2n) is 7.02. The zero-order chi connectivity index (χ0) is 21.8.